The minimum absolute atomic E-state index is 0.222. The molecule has 2 N–H and O–H groups in total. The molecular formula is C7H11NO3S2. The van der Waals surface area contributed by atoms with Gasteiger partial charge in [0.2, 0.25) is 0 Å². The molecule has 6 heteroatoms. The lowest BCUT2D eigenvalue weighted by molar-refractivity contribution is 0.159. The molecule has 1 heterocycles. The summed E-state index contributed by atoms with van der Waals surface area (Å²) in [7, 11) is -3.51. The van der Waals surface area contributed by atoms with Crippen LogP contribution in [0.15, 0.2) is 21.7 Å². The second-order valence-corrected chi connectivity index (χ2v) is 5.37. The Labute approximate surface area is 81.3 Å². The van der Waals surface area contributed by atoms with Crippen molar-refractivity contribution >= 4 is 21.4 Å². The molecule has 0 fully saturated rings. The van der Waals surface area contributed by atoms with Crippen molar-refractivity contribution in [3.05, 3.63) is 17.5 Å². The summed E-state index contributed by atoms with van der Waals surface area (Å²) in [5.74, 6) is 0. The highest BCUT2D eigenvalue weighted by Crippen LogP contribution is 2.15. The molecule has 1 aromatic heterocycles. The molecule has 0 aliphatic heterocycles. The van der Waals surface area contributed by atoms with E-state index in [0.717, 1.165) is 11.3 Å². The van der Waals surface area contributed by atoms with Crippen LogP contribution in [0.2, 0.25) is 0 Å². The van der Waals surface area contributed by atoms with Crippen molar-refractivity contribution in [3.8, 4) is 0 Å². The largest absolute Gasteiger partial charge is 0.378 e. The Morgan fingerprint density at radius 2 is 2.38 bits per heavy atom. The molecule has 0 amide bonds. The van der Waals surface area contributed by atoms with Gasteiger partial charge in [0.05, 0.1) is 0 Å². The van der Waals surface area contributed by atoms with E-state index < -0.39 is 16.3 Å². The Bertz CT molecular complexity index is 344. The van der Waals surface area contributed by atoms with E-state index >= 15 is 0 Å². The number of sulfonamides is 1. The zero-order valence-corrected chi connectivity index (χ0v) is 8.73. The quantitative estimate of drug-likeness (QED) is 0.737. The molecule has 4 nitrogen and oxygen atoms in total. The smallest absolute Gasteiger partial charge is 0.252 e. The molecule has 1 aromatic rings. The van der Waals surface area contributed by atoms with Gasteiger partial charge < -0.3 is 5.11 Å². The van der Waals surface area contributed by atoms with Gasteiger partial charge in [0.25, 0.3) is 10.0 Å². The van der Waals surface area contributed by atoms with Gasteiger partial charge in [0.1, 0.15) is 10.4 Å². The van der Waals surface area contributed by atoms with Gasteiger partial charge in [-0.25, -0.2) is 8.42 Å². The molecule has 0 aromatic carbocycles. The minimum Gasteiger partial charge on any atom is -0.378 e. The molecule has 1 atom stereocenters. The van der Waals surface area contributed by atoms with Crippen molar-refractivity contribution in [3.63, 3.8) is 0 Å². The Balaban J connectivity index is 2.79. The van der Waals surface area contributed by atoms with Crippen LogP contribution in [0.4, 0.5) is 0 Å². The number of nitrogens with one attached hydrogen (secondary N) is 1. The highest BCUT2D eigenvalue weighted by molar-refractivity contribution is 7.91. The molecule has 0 bridgehead atoms. The molecular weight excluding hydrogens is 210 g/mol. The molecule has 0 aliphatic rings. The van der Waals surface area contributed by atoms with Crippen LogP contribution >= 0.6 is 11.3 Å². The molecule has 0 spiro atoms. The van der Waals surface area contributed by atoms with Crippen molar-refractivity contribution in [1.29, 1.82) is 0 Å². The number of hydrogen-bond donors (Lipinski definition) is 2. The van der Waals surface area contributed by atoms with Crippen molar-refractivity contribution in [1.82, 2.24) is 4.72 Å². The number of aliphatic hydroxyl groups excluding tert-OH is 1. The normalized spacial score (nSPS) is 14.3. The van der Waals surface area contributed by atoms with Crippen molar-refractivity contribution in [2.24, 2.45) is 0 Å². The van der Waals surface area contributed by atoms with Gasteiger partial charge in [0.15, 0.2) is 0 Å². The molecule has 1 unspecified atom stereocenters. The number of thiophene rings is 1. The van der Waals surface area contributed by atoms with E-state index in [1.807, 2.05) is 0 Å². The molecule has 1 rings (SSSR count). The lowest BCUT2D eigenvalue weighted by Crippen LogP contribution is -2.33. The van der Waals surface area contributed by atoms with Gasteiger partial charge in [-0.1, -0.05) is 13.0 Å². The van der Waals surface area contributed by atoms with Crippen LogP contribution in [0, 0.1) is 0 Å². The number of rotatable bonds is 4. The van der Waals surface area contributed by atoms with Crippen molar-refractivity contribution < 1.29 is 13.5 Å². The lowest BCUT2D eigenvalue weighted by Gasteiger charge is -2.09. The first-order chi connectivity index (χ1) is 6.06. The molecule has 74 valence electrons. The molecule has 0 saturated carbocycles. The highest BCUT2D eigenvalue weighted by Gasteiger charge is 2.17. The first-order valence-corrected chi connectivity index (χ1v) is 6.16. The van der Waals surface area contributed by atoms with Gasteiger partial charge in [-0.15, -0.1) is 11.3 Å². The monoisotopic (exact) mass is 221 g/mol. The first-order valence-electron chi connectivity index (χ1n) is 3.80. The summed E-state index contributed by atoms with van der Waals surface area (Å²) in [5.41, 5.74) is 0. The van der Waals surface area contributed by atoms with E-state index in [4.69, 9.17) is 5.11 Å². The van der Waals surface area contributed by atoms with E-state index in [2.05, 4.69) is 4.72 Å². The summed E-state index contributed by atoms with van der Waals surface area (Å²) < 4.78 is 25.2. The van der Waals surface area contributed by atoms with Crippen LogP contribution in [0.25, 0.3) is 0 Å². The van der Waals surface area contributed by atoms with Crippen LogP contribution in [-0.4, -0.2) is 19.8 Å². The molecule has 0 radical (unpaired) electrons. The standard InChI is InChI=1S/C7H11NO3S2/c1-2-6(9)8-13(10,11)7-4-3-5-12-7/h3-6,8-9H,2H2,1H3. The molecule has 0 aliphatic carbocycles. The van der Waals surface area contributed by atoms with Crippen LogP contribution in [0.1, 0.15) is 13.3 Å². The van der Waals surface area contributed by atoms with E-state index in [1.165, 1.54) is 6.07 Å². The van der Waals surface area contributed by atoms with E-state index in [1.54, 1.807) is 18.4 Å². The summed E-state index contributed by atoms with van der Waals surface area (Å²) in [6.45, 7) is 1.70. The second kappa shape index (κ2) is 4.19. The summed E-state index contributed by atoms with van der Waals surface area (Å²) in [5, 5.41) is 10.8. The Hall–Kier alpha value is -0.430. The zero-order valence-electron chi connectivity index (χ0n) is 7.10. The Morgan fingerprint density at radius 1 is 1.69 bits per heavy atom. The topological polar surface area (TPSA) is 66.4 Å². The maximum absolute atomic E-state index is 11.4. The SMILES string of the molecule is CCC(O)NS(=O)(=O)c1cccs1. The third-order valence-electron chi connectivity index (χ3n) is 1.44. The highest BCUT2D eigenvalue weighted by atomic mass is 32.2. The van der Waals surface area contributed by atoms with E-state index in [-0.39, 0.29) is 4.21 Å². The van der Waals surface area contributed by atoms with Gasteiger partial charge in [0, 0.05) is 0 Å². The summed E-state index contributed by atoms with van der Waals surface area (Å²) >= 11 is 1.12. The fourth-order valence-electron chi connectivity index (χ4n) is 0.737. The van der Waals surface area contributed by atoms with Gasteiger partial charge >= 0.3 is 0 Å². The molecule has 13 heavy (non-hydrogen) atoms. The van der Waals surface area contributed by atoms with Crippen molar-refractivity contribution in [2.75, 3.05) is 0 Å². The van der Waals surface area contributed by atoms with E-state index in [0.29, 0.717) is 6.42 Å². The summed E-state index contributed by atoms with van der Waals surface area (Å²) in [6, 6.07) is 3.15. The van der Waals surface area contributed by atoms with Crippen molar-refractivity contribution in [2.45, 2.75) is 23.8 Å². The number of aliphatic hydroxyl groups is 1. The first kappa shape index (κ1) is 10.6. The van der Waals surface area contributed by atoms with Crippen LogP contribution in [-0.2, 0) is 10.0 Å². The van der Waals surface area contributed by atoms with E-state index in [9.17, 15) is 8.42 Å². The average molecular weight is 221 g/mol. The molecule has 0 saturated heterocycles. The maximum Gasteiger partial charge on any atom is 0.252 e. The summed E-state index contributed by atoms with van der Waals surface area (Å²) in [4.78, 5) is 0. The average Bonchev–Trinajstić information content (AvgIpc) is 2.55. The number of hydrogen-bond acceptors (Lipinski definition) is 4. The fraction of sp³-hybridized carbons (Fsp3) is 0.429. The van der Waals surface area contributed by atoms with Gasteiger partial charge in [-0.2, -0.15) is 4.72 Å². The van der Waals surface area contributed by atoms with Crippen LogP contribution < -0.4 is 4.72 Å². The zero-order chi connectivity index (χ0) is 9.90. The summed E-state index contributed by atoms with van der Waals surface area (Å²) in [6.07, 6.45) is -0.656. The van der Waals surface area contributed by atoms with Crippen LogP contribution in [0.5, 0.6) is 0 Å². The Kier molecular flexibility index (Phi) is 3.43. The Morgan fingerprint density at radius 3 is 2.85 bits per heavy atom. The maximum atomic E-state index is 11.4. The second-order valence-electron chi connectivity index (χ2n) is 2.48. The van der Waals surface area contributed by atoms with Gasteiger partial charge in [-0.05, 0) is 17.9 Å². The predicted molar refractivity (Wildman–Crippen MR) is 50.9 cm³/mol. The lowest BCUT2D eigenvalue weighted by atomic mass is 10.5. The third kappa shape index (κ3) is 2.77. The predicted octanol–water partition coefficient (Wildman–Crippen LogP) is 0.755. The van der Waals surface area contributed by atoms with Crippen LogP contribution in [0.3, 0.4) is 0 Å². The fourth-order valence-corrected chi connectivity index (χ4v) is 2.90. The third-order valence-corrected chi connectivity index (χ3v) is 4.29. The van der Waals surface area contributed by atoms with Gasteiger partial charge in [-0.3, -0.25) is 0 Å². The minimum atomic E-state index is -3.51.